The highest BCUT2D eigenvalue weighted by Gasteiger charge is 2.29. The number of nitrogens with one attached hydrogen (secondary N) is 1. The highest BCUT2D eigenvalue weighted by atomic mass is 16.6. The van der Waals surface area contributed by atoms with Gasteiger partial charge in [0.25, 0.3) is 5.69 Å². The Morgan fingerprint density at radius 1 is 1.50 bits per heavy atom. The molecule has 1 heterocycles. The molecule has 0 spiro atoms. The molecule has 1 saturated carbocycles. The molecule has 20 heavy (non-hydrogen) atoms. The van der Waals surface area contributed by atoms with Crippen LogP contribution in [0.4, 0.5) is 5.69 Å². The molecule has 1 aromatic rings. The average molecular weight is 279 g/mol. The van der Waals surface area contributed by atoms with E-state index in [0.717, 1.165) is 19.4 Å². The largest absolute Gasteiger partial charge is 0.372 e. The molecule has 6 nitrogen and oxygen atoms in total. The fraction of sp³-hybridized carbons (Fsp3) is 0.643. The Morgan fingerprint density at radius 2 is 2.20 bits per heavy atom. The number of nitro groups is 1. The number of pyridine rings is 1. The van der Waals surface area contributed by atoms with E-state index in [4.69, 9.17) is 4.74 Å². The van der Waals surface area contributed by atoms with Gasteiger partial charge in [0, 0.05) is 11.8 Å². The Hall–Kier alpha value is -1.53. The third-order valence-electron chi connectivity index (χ3n) is 3.90. The summed E-state index contributed by atoms with van der Waals surface area (Å²) in [5.74, 6) is 0.686. The number of rotatable bonds is 6. The molecule has 0 aliphatic heterocycles. The predicted octanol–water partition coefficient (Wildman–Crippen LogP) is 2.12. The molecule has 1 aliphatic carbocycles. The summed E-state index contributed by atoms with van der Waals surface area (Å²) in [6, 6.07) is 0. The van der Waals surface area contributed by atoms with Crippen molar-refractivity contribution in [2.45, 2.75) is 39.4 Å². The van der Waals surface area contributed by atoms with Crippen LogP contribution < -0.4 is 5.32 Å². The molecule has 110 valence electrons. The first-order valence-corrected chi connectivity index (χ1v) is 6.88. The van der Waals surface area contributed by atoms with Crippen LogP contribution in [0.15, 0.2) is 6.20 Å². The Kier molecular flexibility index (Phi) is 4.67. The third-order valence-corrected chi connectivity index (χ3v) is 3.90. The van der Waals surface area contributed by atoms with E-state index in [0.29, 0.717) is 29.3 Å². The maximum Gasteiger partial charge on any atom is 0.278 e. The van der Waals surface area contributed by atoms with E-state index in [1.54, 1.807) is 20.0 Å². The van der Waals surface area contributed by atoms with Crippen LogP contribution in [0.5, 0.6) is 0 Å². The minimum atomic E-state index is -0.345. The van der Waals surface area contributed by atoms with Gasteiger partial charge in [-0.1, -0.05) is 0 Å². The standard InChI is InChI=1S/C14H21N3O3/c1-9-6-16-13(10(2)14(9)17(18)19)8-20-12-4-11(5-12)7-15-3/h6,11-12,15H,4-5,7-8H2,1-3H3. The summed E-state index contributed by atoms with van der Waals surface area (Å²) in [7, 11) is 1.95. The van der Waals surface area contributed by atoms with Gasteiger partial charge in [0.1, 0.15) is 0 Å². The first kappa shape index (κ1) is 14.9. The molecule has 1 fully saturated rings. The van der Waals surface area contributed by atoms with Crippen molar-refractivity contribution in [1.82, 2.24) is 10.3 Å². The van der Waals surface area contributed by atoms with Crippen LogP contribution in [0.1, 0.15) is 29.7 Å². The van der Waals surface area contributed by atoms with Gasteiger partial charge in [-0.15, -0.1) is 0 Å². The topological polar surface area (TPSA) is 77.3 Å². The van der Waals surface area contributed by atoms with Gasteiger partial charge >= 0.3 is 0 Å². The SMILES string of the molecule is CNCC1CC(OCc2ncc(C)c([N+](=O)[O-])c2C)C1. The lowest BCUT2D eigenvalue weighted by Crippen LogP contribution is -2.36. The summed E-state index contributed by atoms with van der Waals surface area (Å²) in [4.78, 5) is 15.0. The third kappa shape index (κ3) is 3.13. The molecule has 2 rings (SSSR count). The maximum absolute atomic E-state index is 11.0. The molecule has 6 heteroatoms. The van der Waals surface area contributed by atoms with E-state index in [1.165, 1.54) is 0 Å². The fourth-order valence-corrected chi connectivity index (χ4v) is 2.65. The molecule has 1 N–H and O–H groups in total. The van der Waals surface area contributed by atoms with Crippen LogP contribution in [-0.4, -0.2) is 29.6 Å². The average Bonchev–Trinajstić information content (AvgIpc) is 2.33. The lowest BCUT2D eigenvalue weighted by molar-refractivity contribution is -0.386. The summed E-state index contributed by atoms with van der Waals surface area (Å²) < 4.78 is 5.78. The first-order valence-electron chi connectivity index (χ1n) is 6.88. The summed E-state index contributed by atoms with van der Waals surface area (Å²) >= 11 is 0. The Balaban J connectivity index is 1.94. The molecule has 1 aromatic heterocycles. The van der Waals surface area contributed by atoms with Crippen molar-refractivity contribution in [2.75, 3.05) is 13.6 Å². The molecule has 0 unspecified atom stereocenters. The molecular weight excluding hydrogens is 258 g/mol. The maximum atomic E-state index is 11.0. The van der Waals surface area contributed by atoms with E-state index in [2.05, 4.69) is 10.3 Å². The van der Waals surface area contributed by atoms with Gasteiger partial charge in [-0.2, -0.15) is 0 Å². The number of aryl methyl sites for hydroxylation is 1. The molecule has 0 radical (unpaired) electrons. The summed E-state index contributed by atoms with van der Waals surface area (Å²) in [5.41, 5.74) is 2.02. The van der Waals surface area contributed by atoms with Crippen molar-refractivity contribution in [3.05, 3.63) is 33.1 Å². The van der Waals surface area contributed by atoms with Crippen LogP contribution >= 0.6 is 0 Å². The molecule has 1 aliphatic rings. The van der Waals surface area contributed by atoms with Crippen LogP contribution in [0.25, 0.3) is 0 Å². The number of hydrogen-bond acceptors (Lipinski definition) is 5. The van der Waals surface area contributed by atoms with E-state index in [1.807, 2.05) is 7.05 Å². The number of ether oxygens (including phenoxy) is 1. The first-order chi connectivity index (χ1) is 9.52. The number of nitrogens with zero attached hydrogens (tertiary/aromatic N) is 2. The minimum absolute atomic E-state index is 0.153. The van der Waals surface area contributed by atoms with Gasteiger partial charge in [-0.05, 0) is 46.2 Å². The second-order valence-electron chi connectivity index (χ2n) is 5.45. The lowest BCUT2D eigenvalue weighted by Gasteiger charge is -2.35. The molecule has 0 saturated heterocycles. The summed E-state index contributed by atoms with van der Waals surface area (Å²) in [5, 5.41) is 14.2. The fourth-order valence-electron chi connectivity index (χ4n) is 2.65. The second-order valence-corrected chi connectivity index (χ2v) is 5.45. The van der Waals surface area contributed by atoms with Crippen molar-refractivity contribution >= 4 is 5.69 Å². The molecule has 0 bridgehead atoms. The predicted molar refractivity (Wildman–Crippen MR) is 75.6 cm³/mol. The second kappa shape index (κ2) is 6.28. The van der Waals surface area contributed by atoms with Gasteiger partial charge in [-0.25, -0.2) is 0 Å². The highest BCUT2D eigenvalue weighted by molar-refractivity contribution is 5.47. The lowest BCUT2D eigenvalue weighted by atomic mass is 9.82. The Labute approximate surface area is 118 Å². The Bertz CT molecular complexity index is 499. The number of aromatic nitrogens is 1. The van der Waals surface area contributed by atoms with E-state index >= 15 is 0 Å². The minimum Gasteiger partial charge on any atom is -0.372 e. The molecule has 0 amide bonds. The zero-order chi connectivity index (χ0) is 14.7. The van der Waals surface area contributed by atoms with Crippen molar-refractivity contribution in [1.29, 1.82) is 0 Å². The van der Waals surface area contributed by atoms with Crippen molar-refractivity contribution < 1.29 is 9.66 Å². The molecular formula is C14H21N3O3. The van der Waals surface area contributed by atoms with Crippen molar-refractivity contribution in [3.8, 4) is 0 Å². The van der Waals surface area contributed by atoms with Crippen LogP contribution in [0, 0.1) is 29.9 Å². The van der Waals surface area contributed by atoms with Gasteiger partial charge < -0.3 is 10.1 Å². The summed E-state index contributed by atoms with van der Waals surface area (Å²) in [6.45, 7) is 4.81. The quantitative estimate of drug-likeness (QED) is 0.637. The number of hydrogen-bond donors (Lipinski definition) is 1. The van der Waals surface area contributed by atoms with E-state index in [9.17, 15) is 10.1 Å². The van der Waals surface area contributed by atoms with Crippen LogP contribution in [0.3, 0.4) is 0 Å². The van der Waals surface area contributed by atoms with E-state index in [-0.39, 0.29) is 16.7 Å². The zero-order valence-electron chi connectivity index (χ0n) is 12.2. The van der Waals surface area contributed by atoms with Crippen molar-refractivity contribution in [3.63, 3.8) is 0 Å². The molecule has 0 atom stereocenters. The highest BCUT2D eigenvalue weighted by Crippen LogP contribution is 2.31. The van der Waals surface area contributed by atoms with Crippen LogP contribution in [0.2, 0.25) is 0 Å². The van der Waals surface area contributed by atoms with Gasteiger partial charge in [0.15, 0.2) is 0 Å². The summed E-state index contributed by atoms with van der Waals surface area (Å²) in [6.07, 6.45) is 3.91. The van der Waals surface area contributed by atoms with Crippen LogP contribution in [-0.2, 0) is 11.3 Å². The van der Waals surface area contributed by atoms with Gasteiger partial charge in [-0.3, -0.25) is 15.1 Å². The normalized spacial score (nSPS) is 21.6. The van der Waals surface area contributed by atoms with Gasteiger partial charge in [0.2, 0.25) is 0 Å². The van der Waals surface area contributed by atoms with E-state index < -0.39 is 0 Å². The smallest absolute Gasteiger partial charge is 0.278 e. The van der Waals surface area contributed by atoms with Gasteiger partial charge in [0.05, 0.1) is 28.9 Å². The zero-order valence-corrected chi connectivity index (χ0v) is 12.2. The molecule has 0 aromatic carbocycles. The monoisotopic (exact) mass is 279 g/mol. The van der Waals surface area contributed by atoms with Crippen molar-refractivity contribution in [2.24, 2.45) is 5.92 Å². The Morgan fingerprint density at radius 3 is 2.80 bits per heavy atom.